The monoisotopic (exact) mass is 304 g/mol. The predicted octanol–water partition coefficient (Wildman–Crippen LogP) is -0.371. The number of nitrogens with zero attached hydrogens (tertiary/aromatic N) is 1. The van der Waals surface area contributed by atoms with Gasteiger partial charge in [-0.15, -0.1) is 0 Å². The summed E-state index contributed by atoms with van der Waals surface area (Å²) >= 11 is 0. The molecule has 0 aliphatic carbocycles. The number of nitrogens with one attached hydrogen (secondary N) is 1. The fourth-order valence-corrected chi connectivity index (χ4v) is 1.97. The molecule has 0 aliphatic rings. The van der Waals surface area contributed by atoms with E-state index in [0.29, 0.717) is 26.3 Å². The summed E-state index contributed by atoms with van der Waals surface area (Å²) in [6, 6.07) is 3.41. The molecule has 0 atom stereocenters. The van der Waals surface area contributed by atoms with Crippen LogP contribution in [0, 0.1) is 10.1 Å². The summed E-state index contributed by atoms with van der Waals surface area (Å²) in [5.74, 6) is 0. The van der Waals surface area contributed by atoms with Crippen LogP contribution in [-0.4, -0.2) is 39.6 Å². The molecule has 0 aliphatic heterocycles. The standard InChI is InChI=1S/C10H16N4O5S/c11-3-5-19-6-4-13-9-2-1-8(20(12,17)18)7-10(9)14(15)16/h1-2,7,13H,3-6,11H2,(H2,12,17,18). The summed E-state index contributed by atoms with van der Waals surface area (Å²) in [4.78, 5) is 9.92. The average molecular weight is 304 g/mol. The average Bonchev–Trinajstić information content (AvgIpc) is 2.37. The quantitative estimate of drug-likeness (QED) is 0.336. The van der Waals surface area contributed by atoms with Crippen LogP contribution < -0.4 is 16.2 Å². The highest BCUT2D eigenvalue weighted by Gasteiger charge is 2.18. The molecule has 0 fully saturated rings. The fraction of sp³-hybridized carbons (Fsp3) is 0.400. The summed E-state index contributed by atoms with van der Waals surface area (Å²) in [7, 11) is -3.98. The normalized spacial score (nSPS) is 11.3. The van der Waals surface area contributed by atoms with Crippen molar-refractivity contribution >= 4 is 21.4 Å². The SMILES string of the molecule is NCCOCCNc1ccc(S(N)(=O)=O)cc1[N+](=O)[O-]. The van der Waals surface area contributed by atoms with Gasteiger partial charge in [-0.05, 0) is 12.1 Å². The van der Waals surface area contributed by atoms with Gasteiger partial charge in [-0.25, -0.2) is 13.6 Å². The molecule has 1 rings (SSSR count). The lowest BCUT2D eigenvalue weighted by Gasteiger charge is -2.08. The molecule has 0 saturated carbocycles. The topological polar surface area (TPSA) is 151 Å². The van der Waals surface area contributed by atoms with Crippen LogP contribution in [0.2, 0.25) is 0 Å². The molecule has 0 heterocycles. The Kier molecular flexibility index (Phi) is 5.82. The maximum absolute atomic E-state index is 11.2. The van der Waals surface area contributed by atoms with E-state index < -0.39 is 14.9 Å². The van der Waals surface area contributed by atoms with E-state index in [1.165, 1.54) is 12.1 Å². The number of nitrogens with two attached hydrogens (primary N) is 2. The zero-order chi connectivity index (χ0) is 15.2. The van der Waals surface area contributed by atoms with Crippen LogP contribution in [0.3, 0.4) is 0 Å². The van der Waals surface area contributed by atoms with Crippen LogP contribution >= 0.6 is 0 Å². The number of rotatable bonds is 8. The van der Waals surface area contributed by atoms with E-state index in [9.17, 15) is 18.5 Å². The Balaban J connectivity index is 2.83. The smallest absolute Gasteiger partial charge is 0.293 e. The van der Waals surface area contributed by atoms with Crippen LogP contribution in [-0.2, 0) is 14.8 Å². The summed E-state index contributed by atoms with van der Waals surface area (Å²) in [5, 5.41) is 18.6. The van der Waals surface area contributed by atoms with Gasteiger partial charge >= 0.3 is 0 Å². The molecule has 1 aromatic rings. The first-order valence-electron chi connectivity index (χ1n) is 5.69. The summed E-state index contributed by atoms with van der Waals surface area (Å²) in [5.41, 5.74) is 5.07. The lowest BCUT2D eigenvalue weighted by atomic mass is 10.2. The zero-order valence-corrected chi connectivity index (χ0v) is 11.4. The van der Waals surface area contributed by atoms with Crippen molar-refractivity contribution in [3.63, 3.8) is 0 Å². The molecule has 10 heteroatoms. The molecule has 0 unspecified atom stereocenters. The lowest BCUT2D eigenvalue weighted by Crippen LogP contribution is -2.16. The van der Waals surface area contributed by atoms with Gasteiger partial charge in [-0.3, -0.25) is 10.1 Å². The Bertz CT molecular complexity index is 575. The van der Waals surface area contributed by atoms with Crippen molar-refractivity contribution in [3.05, 3.63) is 28.3 Å². The first-order valence-corrected chi connectivity index (χ1v) is 7.24. The van der Waals surface area contributed by atoms with Gasteiger partial charge in [0, 0.05) is 19.2 Å². The molecular weight excluding hydrogens is 288 g/mol. The van der Waals surface area contributed by atoms with E-state index in [4.69, 9.17) is 15.6 Å². The second-order valence-corrected chi connectivity index (χ2v) is 5.37. The van der Waals surface area contributed by atoms with Crippen LogP contribution in [0.25, 0.3) is 0 Å². The van der Waals surface area contributed by atoms with Crippen molar-refractivity contribution in [2.75, 3.05) is 31.6 Å². The Morgan fingerprint density at radius 3 is 2.60 bits per heavy atom. The van der Waals surface area contributed by atoms with E-state index >= 15 is 0 Å². The molecule has 0 amide bonds. The van der Waals surface area contributed by atoms with Gasteiger partial charge < -0.3 is 15.8 Å². The largest absolute Gasteiger partial charge is 0.378 e. The number of primary sulfonamides is 1. The van der Waals surface area contributed by atoms with E-state index in [-0.39, 0.29) is 16.3 Å². The van der Waals surface area contributed by atoms with Crippen molar-refractivity contribution in [2.45, 2.75) is 4.90 Å². The Labute approximate surface area is 116 Å². The fourth-order valence-electron chi connectivity index (χ4n) is 1.43. The lowest BCUT2D eigenvalue weighted by molar-refractivity contribution is -0.384. The summed E-state index contributed by atoms with van der Waals surface area (Å²) < 4.78 is 27.4. The molecule has 0 aromatic heterocycles. The van der Waals surface area contributed by atoms with Gasteiger partial charge in [0.1, 0.15) is 5.69 Å². The number of hydrogen-bond acceptors (Lipinski definition) is 7. The third kappa shape index (κ3) is 4.74. The molecule has 5 N–H and O–H groups in total. The Morgan fingerprint density at radius 2 is 2.05 bits per heavy atom. The van der Waals surface area contributed by atoms with Crippen LogP contribution in [0.4, 0.5) is 11.4 Å². The highest BCUT2D eigenvalue weighted by atomic mass is 32.2. The first kappa shape index (κ1) is 16.3. The number of sulfonamides is 1. The molecule has 0 saturated heterocycles. The number of nitro benzene ring substituents is 1. The highest BCUT2D eigenvalue weighted by Crippen LogP contribution is 2.26. The van der Waals surface area contributed by atoms with Crippen LogP contribution in [0.5, 0.6) is 0 Å². The van der Waals surface area contributed by atoms with Gasteiger partial charge in [0.25, 0.3) is 5.69 Å². The number of nitro groups is 1. The Hall–Kier alpha value is -1.75. The van der Waals surface area contributed by atoms with E-state index in [1.807, 2.05) is 0 Å². The highest BCUT2D eigenvalue weighted by molar-refractivity contribution is 7.89. The second kappa shape index (κ2) is 7.14. The van der Waals surface area contributed by atoms with Gasteiger partial charge in [-0.2, -0.15) is 0 Å². The summed E-state index contributed by atoms with van der Waals surface area (Å²) in [6.07, 6.45) is 0. The number of benzene rings is 1. The molecule has 1 aromatic carbocycles. The first-order chi connectivity index (χ1) is 9.36. The second-order valence-electron chi connectivity index (χ2n) is 3.81. The van der Waals surface area contributed by atoms with E-state index in [0.717, 1.165) is 6.07 Å². The van der Waals surface area contributed by atoms with Crippen molar-refractivity contribution in [1.29, 1.82) is 0 Å². The molecule has 20 heavy (non-hydrogen) atoms. The minimum Gasteiger partial charge on any atom is -0.378 e. The van der Waals surface area contributed by atoms with Crippen molar-refractivity contribution < 1.29 is 18.1 Å². The predicted molar refractivity (Wildman–Crippen MR) is 72.8 cm³/mol. The van der Waals surface area contributed by atoms with Crippen molar-refractivity contribution in [1.82, 2.24) is 0 Å². The molecule has 112 valence electrons. The molecular formula is C10H16N4O5S. The third-order valence-corrected chi connectivity index (χ3v) is 3.23. The molecule has 0 spiro atoms. The van der Waals surface area contributed by atoms with Gasteiger partial charge in [-0.1, -0.05) is 0 Å². The van der Waals surface area contributed by atoms with Gasteiger partial charge in [0.15, 0.2) is 0 Å². The maximum atomic E-state index is 11.2. The maximum Gasteiger partial charge on any atom is 0.293 e. The molecule has 9 nitrogen and oxygen atoms in total. The minimum atomic E-state index is -3.98. The number of hydrogen-bond donors (Lipinski definition) is 3. The minimum absolute atomic E-state index is 0.193. The Morgan fingerprint density at radius 1 is 1.35 bits per heavy atom. The number of anilines is 1. The van der Waals surface area contributed by atoms with Crippen LogP contribution in [0.1, 0.15) is 0 Å². The zero-order valence-electron chi connectivity index (χ0n) is 10.6. The van der Waals surface area contributed by atoms with Crippen molar-refractivity contribution in [2.24, 2.45) is 10.9 Å². The van der Waals surface area contributed by atoms with Gasteiger partial charge in [0.2, 0.25) is 10.0 Å². The molecule has 0 bridgehead atoms. The summed E-state index contributed by atoms with van der Waals surface area (Å²) in [6.45, 7) is 1.44. The molecule has 0 radical (unpaired) electrons. The number of ether oxygens (including phenoxy) is 1. The third-order valence-electron chi connectivity index (χ3n) is 2.32. The van der Waals surface area contributed by atoms with E-state index in [2.05, 4.69) is 5.32 Å². The van der Waals surface area contributed by atoms with Crippen molar-refractivity contribution in [3.8, 4) is 0 Å². The van der Waals surface area contributed by atoms with Crippen LogP contribution in [0.15, 0.2) is 23.1 Å². The van der Waals surface area contributed by atoms with E-state index in [1.54, 1.807) is 0 Å². The van der Waals surface area contributed by atoms with Gasteiger partial charge in [0.05, 0.1) is 23.0 Å².